The van der Waals surface area contributed by atoms with Gasteiger partial charge in [-0.1, -0.05) is 96.7 Å². The van der Waals surface area contributed by atoms with Gasteiger partial charge in [-0.25, -0.2) is 15.0 Å². The van der Waals surface area contributed by atoms with Gasteiger partial charge in [-0.05, 0) is 53.9 Å². The van der Waals surface area contributed by atoms with Gasteiger partial charge in [0.1, 0.15) is 0 Å². The van der Waals surface area contributed by atoms with E-state index in [4.69, 9.17) is 15.0 Å². The molecule has 0 saturated heterocycles. The van der Waals surface area contributed by atoms with Crippen LogP contribution in [0.5, 0.6) is 0 Å². The van der Waals surface area contributed by atoms with Gasteiger partial charge in [0.15, 0.2) is 17.5 Å². The number of nitrogens with zero attached hydrogens (tertiary/aromatic N) is 4. The SMILES string of the molecule is c1ccc(-c2nc(-c3ccccc3)nc(-c3ccc(-n4c5cccc6c5c5c7c(cccc7ccc54)S6)cc3)n2)cc1. The van der Waals surface area contributed by atoms with Crippen molar-refractivity contribution in [3.63, 3.8) is 0 Å². The highest BCUT2D eigenvalue weighted by Crippen LogP contribution is 2.49. The molecular weight excluding hydrogens is 533 g/mol. The molecule has 0 spiro atoms. The zero-order valence-corrected chi connectivity index (χ0v) is 23.2. The van der Waals surface area contributed by atoms with E-state index in [2.05, 4.69) is 77.4 Å². The molecule has 0 aliphatic carbocycles. The second-order valence-corrected chi connectivity index (χ2v) is 11.6. The number of hydrogen-bond donors (Lipinski definition) is 0. The monoisotopic (exact) mass is 554 g/mol. The molecule has 0 bridgehead atoms. The van der Waals surface area contributed by atoms with Gasteiger partial charge >= 0.3 is 0 Å². The highest BCUT2D eigenvalue weighted by molar-refractivity contribution is 8.00. The molecule has 0 N–H and O–H groups in total. The fourth-order valence-corrected chi connectivity index (χ4v) is 7.29. The standard InChI is InChI=1S/C37H22N4S/c1-3-9-24(10-4-1)35-38-36(25-11-5-2-6-12-25)40-37(39-35)26-17-20-27(21-18-26)41-28-14-8-16-31-33(28)34-29(41)22-19-23-13-7-15-30(42-31)32(23)34/h1-22H. The molecule has 0 saturated carbocycles. The van der Waals surface area contributed by atoms with E-state index in [1.807, 2.05) is 72.4 Å². The zero-order valence-electron chi connectivity index (χ0n) is 22.4. The third kappa shape index (κ3) is 3.54. The van der Waals surface area contributed by atoms with E-state index < -0.39 is 0 Å². The first-order chi connectivity index (χ1) is 20.8. The highest BCUT2D eigenvalue weighted by atomic mass is 32.2. The Morgan fingerprint density at radius 1 is 0.405 bits per heavy atom. The molecule has 5 heteroatoms. The van der Waals surface area contributed by atoms with Crippen LogP contribution in [0.1, 0.15) is 0 Å². The fraction of sp³-hybridized carbons (Fsp3) is 0. The Balaban J connectivity index is 1.22. The van der Waals surface area contributed by atoms with Gasteiger partial charge in [-0.15, -0.1) is 0 Å². The van der Waals surface area contributed by atoms with Crippen LogP contribution < -0.4 is 0 Å². The van der Waals surface area contributed by atoms with Crippen molar-refractivity contribution < 1.29 is 0 Å². The predicted molar refractivity (Wildman–Crippen MR) is 172 cm³/mol. The van der Waals surface area contributed by atoms with E-state index in [1.165, 1.54) is 42.4 Å². The summed E-state index contributed by atoms with van der Waals surface area (Å²) in [4.78, 5) is 17.3. The second kappa shape index (κ2) is 9.13. The Morgan fingerprint density at radius 2 is 0.952 bits per heavy atom. The second-order valence-electron chi connectivity index (χ2n) is 10.5. The Bertz CT molecular complexity index is 2250. The minimum atomic E-state index is 0.656. The molecule has 42 heavy (non-hydrogen) atoms. The first kappa shape index (κ1) is 23.4. The Hall–Kier alpha value is -5.26. The largest absolute Gasteiger partial charge is 0.309 e. The lowest BCUT2D eigenvalue weighted by atomic mass is 10.0. The summed E-state index contributed by atoms with van der Waals surface area (Å²) in [5.74, 6) is 1.98. The minimum Gasteiger partial charge on any atom is -0.309 e. The van der Waals surface area contributed by atoms with Crippen LogP contribution in [0.4, 0.5) is 0 Å². The summed E-state index contributed by atoms with van der Waals surface area (Å²) in [6, 6.07) is 46.5. The Kier molecular flexibility index (Phi) is 5.10. The summed E-state index contributed by atoms with van der Waals surface area (Å²) < 4.78 is 2.39. The van der Waals surface area contributed by atoms with Crippen molar-refractivity contribution in [2.24, 2.45) is 0 Å². The lowest BCUT2D eigenvalue weighted by Crippen LogP contribution is -2.00. The summed E-state index contributed by atoms with van der Waals surface area (Å²) in [5, 5.41) is 5.32. The van der Waals surface area contributed by atoms with Crippen LogP contribution >= 0.6 is 11.8 Å². The van der Waals surface area contributed by atoms with E-state index >= 15 is 0 Å². The minimum absolute atomic E-state index is 0.656. The van der Waals surface area contributed by atoms with E-state index in [9.17, 15) is 0 Å². The summed E-state index contributed by atoms with van der Waals surface area (Å²) in [7, 11) is 0. The molecule has 1 aliphatic rings. The molecular formula is C37H22N4S. The molecule has 196 valence electrons. The van der Waals surface area contributed by atoms with Gasteiger partial charge < -0.3 is 4.57 Å². The van der Waals surface area contributed by atoms with Crippen molar-refractivity contribution in [2.75, 3.05) is 0 Å². The van der Waals surface area contributed by atoms with Crippen molar-refractivity contribution in [2.45, 2.75) is 9.79 Å². The third-order valence-corrected chi connectivity index (χ3v) is 9.14. The molecule has 0 amide bonds. The molecule has 2 aromatic heterocycles. The molecule has 0 unspecified atom stereocenters. The van der Waals surface area contributed by atoms with Crippen molar-refractivity contribution in [1.29, 1.82) is 0 Å². The van der Waals surface area contributed by atoms with Crippen LogP contribution in [0, 0.1) is 0 Å². The normalized spacial score (nSPS) is 12.2. The van der Waals surface area contributed by atoms with Gasteiger partial charge in [0.05, 0.1) is 11.0 Å². The summed E-state index contributed by atoms with van der Waals surface area (Å²) >= 11 is 1.87. The van der Waals surface area contributed by atoms with Gasteiger partial charge in [-0.3, -0.25) is 0 Å². The molecule has 0 atom stereocenters. The Morgan fingerprint density at radius 3 is 1.60 bits per heavy atom. The summed E-state index contributed by atoms with van der Waals surface area (Å²) in [6.45, 7) is 0. The van der Waals surface area contributed by atoms with Gasteiger partial charge in [0.2, 0.25) is 0 Å². The van der Waals surface area contributed by atoms with Crippen LogP contribution in [0.25, 0.3) is 72.4 Å². The molecule has 1 aliphatic heterocycles. The van der Waals surface area contributed by atoms with Crippen molar-refractivity contribution >= 4 is 44.3 Å². The van der Waals surface area contributed by atoms with Gasteiger partial charge in [0, 0.05) is 48.3 Å². The molecule has 0 fully saturated rings. The van der Waals surface area contributed by atoms with E-state index in [0.717, 1.165) is 22.4 Å². The van der Waals surface area contributed by atoms with Gasteiger partial charge in [-0.2, -0.15) is 0 Å². The van der Waals surface area contributed by atoms with Gasteiger partial charge in [0.25, 0.3) is 0 Å². The lowest BCUT2D eigenvalue weighted by Gasteiger charge is -2.14. The predicted octanol–water partition coefficient (Wildman–Crippen LogP) is 9.59. The molecule has 8 aromatic rings. The van der Waals surface area contributed by atoms with Crippen LogP contribution in [0.2, 0.25) is 0 Å². The summed E-state index contributed by atoms with van der Waals surface area (Å²) in [5.41, 5.74) is 6.44. The third-order valence-electron chi connectivity index (χ3n) is 8.02. The number of rotatable bonds is 4. The maximum atomic E-state index is 4.91. The molecule has 4 nitrogen and oxygen atoms in total. The molecule has 9 rings (SSSR count). The maximum Gasteiger partial charge on any atom is 0.164 e. The lowest BCUT2D eigenvalue weighted by molar-refractivity contribution is 1.07. The van der Waals surface area contributed by atoms with Crippen LogP contribution in [0.3, 0.4) is 0 Å². The van der Waals surface area contributed by atoms with Crippen molar-refractivity contribution in [3.8, 4) is 39.9 Å². The fourth-order valence-electron chi connectivity index (χ4n) is 6.12. The van der Waals surface area contributed by atoms with E-state index in [-0.39, 0.29) is 0 Å². The number of hydrogen-bond acceptors (Lipinski definition) is 4. The average molecular weight is 555 g/mol. The smallest absolute Gasteiger partial charge is 0.164 e. The zero-order chi connectivity index (χ0) is 27.6. The maximum absolute atomic E-state index is 4.91. The quantitative estimate of drug-likeness (QED) is 0.217. The van der Waals surface area contributed by atoms with Crippen LogP contribution in [-0.4, -0.2) is 19.5 Å². The molecule has 0 radical (unpaired) electrons. The van der Waals surface area contributed by atoms with Crippen molar-refractivity contribution in [3.05, 3.63) is 133 Å². The summed E-state index contributed by atoms with van der Waals surface area (Å²) in [6.07, 6.45) is 0. The highest BCUT2D eigenvalue weighted by Gasteiger charge is 2.23. The van der Waals surface area contributed by atoms with E-state index in [1.54, 1.807) is 0 Å². The number of benzene rings is 6. The van der Waals surface area contributed by atoms with Crippen LogP contribution in [0.15, 0.2) is 143 Å². The topological polar surface area (TPSA) is 43.6 Å². The average Bonchev–Trinajstić information content (AvgIpc) is 3.41. The van der Waals surface area contributed by atoms with Crippen LogP contribution in [-0.2, 0) is 0 Å². The first-order valence-electron chi connectivity index (χ1n) is 14.0. The first-order valence-corrected chi connectivity index (χ1v) is 14.8. The van der Waals surface area contributed by atoms with Crippen molar-refractivity contribution in [1.82, 2.24) is 19.5 Å². The van der Waals surface area contributed by atoms with E-state index in [0.29, 0.717) is 17.5 Å². The molecule has 6 aromatic carbocycles. The molecule has 3 heterocycles. The number of aromatic nitrogens is 4. The Labute approximate surface area is 246 Å².